The van der Waals surface area contributed by atoms with E-state index in [9.17, 15) is 0 Å². The minimum atomic E-state index is -0.400. The van der Waals surface area contributed by atoms with Gasteiger partial charge in [-0.25, -0.2) is 9.67 Å². The summed E-state index contributed by atoms with van der Waals surface area (Å²) in [4.78, 5) is 4.08. The van der Waals surface area contributed by atoms with Gasteiger partial charge in [0.1, 0.15) is 6.33 Å². The van der Waals surface area contributed by atoms with Gasteiger partial charge in [0, 0.05) is 16.9 Å². The van der Waals surface area contributed by atoms with Crippen molar-refractivity contribution in [3.05, 3.63) is 22.7 Å². The summed E-state index contributed by atoms with van der Waals surface area (Å²) in [5, 5.41) is 11.4. The van der Waals surface area contributed by atoms with Crippen molar-refractivity contribution in [2.75, 3.05) is 0 Å². The van der Waals surface area contributed by atoms with E-state index in [1.165, 1.54) is 12.5 Å². The normalized spacial score (nSPS) is 25.1. The van der Waals surface area contributed by atoms with Crippen LogP contribution >= 0.6 is 15.9 Å². The smallest absolute Gasteiger partial charge is 0.155 e. The van der Waals surface area contributed by atoms with E-state index in [0.717, 1.165) is 10.3 Å². The van der Waals surface area contributed by atoms with E-state index in [-0.39, 0.29) is 0 Å². The Morgan fingerprint density at radius 3 is 3.14 bits per heavy atom. The zero-order chi connectivity index (χ0) is 10.2. The number of rotatable bonds is 1. The topological polar surface area (TPSA) is 54.6 Å². The van der Waals surface area contributed by atoms with Crippen molar-refractivity contribution in [1.29, 1.82) is 5.41 Å². The van der Waals surface area contributed by atoms with Gasteiger partial charge in [-0.2, -0.15) is 5.10 Å². The molecule has 1 aliphatic heterocycles. The van der Waals surface area contributed by atoms with E-state index in [0.29, 0.717) is 0 Å². The highest BCUT2D eigenvalue weighted by atomic mass is 79.9. The summed E-state index contributed by atoms with van der Waals surface area (Å²) < 4.78 is 2.57. The number of hydrogen-bond donors (Lipinski definition) is 1. The van der Waals surface area contributed by atoms with Gasteiger partial charge < -0.3 is 5.41 Å². The Morgan fingerprint density at radius 2 is 2.43 bits per heavy atom. The molecule has 1 atom stereocenters. The molecule has 1 aliphatic rings. The van der Waals surface area contributed by atoms with Crippen LogP contribution in [0.1, 0.15) is 12.7 Å². The third-order valence-corrected chi connectivity index (χ3v) is 3.29. The first kappa shape index (κ1) is 9.33. The van der Waals surface area contributed by atoms with E-state index in [1.807, 2.05) is 25.3 Å². The molecule has 1 N–H and O–H groups in total. The van der Waals surface area contributed by atoms with Gasteiger partial charge in [-0.15, -0.1) is 0 Å². The Labute approximate surface area is 90.0 Å². The van der Waals surface area contributed by atoms with Gasteiger partial charge in [0.05, 0.1) is 5.41 Å². The molecule has 5 heteroatoms. The highest BCUT2D eigenvalue weighted by Crippen LogP contribution is 2.34. The van der Waals surface area contributed by atoms with Crippen LogP contribution in [-0.4, -0.2) is 21.0 Å². The molecule has 4 nitrogen and oxygen atoms in total. The van der Waals surface area contributed by atoms with Crippen molar-refractivity contribution < 1.29 is 0 Å². The zero-order valence-electron chi connectivity index (χ0n) is 7.61. The number of nitrogens with one attached hydrogen (secondary N) is 1. The predicted octanol–water partition coefficient (Wildman–Crippen LogP) is 2.15. The summed E-state index contributed by atoms with van der Waals surface area (Å²) >= 11 is 3.45. The molecule has 1 aromatic rings. The van der Waals surface area contributed by atoms with Gasteiger partial charge in [-0.3, -0.25) is 0 Å². The van der Waals surface area contributed by atoms with Gasteiger partial charge in [-0.1, -0.05) is 22.0 Å². The second-order valence-electron chi connectivity index (χ2n) is 3.30. The van der Waals surface area contributed by atoms with Gasteiger partial charge in [0.15, 0.2) is 5.82 Å². The molecule has 0 spiro atoms. The monoisotopic (exact) mass is 252 g/mol. The van der Waals surface area contributed by atoms with Crippen LogP contribution in [0.5, 0.6) is 0 Å². The lowest BCUT2D eigenvalue weighted by molar-refractivity contribution is 0.780. The predicted molar refractivity (Wildman–Crippen MR) is 59.1 cm³/mol. The van der Waals surface area contributed by atoms with Crippen LogP contribution in [0.25, 0.3) is 12.3 Å². The largest absolute Gasteiger partial charge is 0.312 e. The zero-order valence-corrected chi connectivity index (χ0v) is 9.19. The summed E-state index contributed by atoms with van der Waals surface area (Å²) in [6.07, 6.45) is 8.50. The first-order valence-corrected chi connectivity index (χ1v) is 4.93. The molecule has 0 aliphatic carbocycles. The van der Waals surface area contributed by atoms with E-state index >= 15 is 0 Å². The van der Waals surface area contributed by atoms with Crippen LogP contribution in [-0.2, 0) is 0 Å². The SMILES string of the molecule is CC1(C=N)C=Cc2ncnn2C=C1Br. The van der Waals surface area contributed by atoms with Gasteiger partial charge >= 0.3 is 0 Å². The Morgan fingerprint density at radius 1 is 1.64 bits per heavy atom. The second kappa shape index (κ2) is 3.16. The summed E-state index contributed by atoms with van der Waals surface area (Å²) in [7, 11) is 0. The third kappa shape index (κ3) is 1.33. The second-order valence-corrected chi connectivity index (χ2v) is 4.15. The number of halogens is 1. The maximum absolute atomic E-state index is 7.38. The van der Waals surface area contributed by atoms with Gasteiger partial charge in [0.25, 0.3) is 0 Å². The Balaban J connectivity index is 2.58. The van der Waals surface area contributed by atoms with Crippen molar-refractivity contribution in [2.24, 2.45) is 5.41 Å². The van der Waals surface area contributed by atoms with Gasteiger partial charge in [0.2, 0.25) is 0 Å². The number of aromatic nitrogens is 3. The van der Waals surface area contributed by atoms with Crippen LogP contribution in [0.2, 0.25) is 0 Å². The van der Waals surface area contributed by atoms with Crippen LogP contribution in [0.4, 0.5) is 0 Å². The minimum absolute atomic E-state index is 0.400. The fourth-order valence-corrected chi connectivity index (χ4v) is 1.61. The van der Waals surface area contributed by atoms with Gasteiger partial charge in [-0.05, 0) is 13.0 Å². The molecule has 0 fully saturated rings. The number of fused-ring (bicyclic) bond motifs is 1. The highest BCUT2D eigenvalue weighted by Gasteiger charge is 2.24. The first-order valence-electron chi connectivity index (χ1n) is 4.14. The quantitative estimate of drug-likeness (QED) is 0.779. The maximum Gasteiger partial charge on any atom is 0.155 e. The molecule has 1 aromatic heterocycles. The Bertz CT molecular complexity index is 432. The third-order valence-electron chi connectivity index (χ3n) is 2.23. The first-order chi connectivity index (χ1) is 6.65. The number of allylic oxidation sites excluding steroid dienone is 2. The number of hydrogen-bond acceptors (Lipinski definition) is 3. The molecule has 0 bridgehead atoms. The molecular weight excluding hydrogens is 244 g/mol. The summed E-state index contributed by atoms with van der Waals surface area (Å²) in [5.74, 6) is 0.771. The lowest BCUT2D eigenvalue weighted by Crippen LogP contribution is -2.13. The molecule has 0 saturated heterocycles. The lowest BCUT2D eigenvalue weighted by atomic mass is 9.92. The maximum atomic E-state index is 7.38. The van der Waals surface area contributed by atoms with Crippen molar-refractivity contribution in [3.8, 4) is 0 Å². The lowest BCUT2D eigenvalue weighted by Gasteiger charge is -2.17. The van der Waals surface area contributed by atoms with Crippen LogP contribution < -0.4 is 0 Å². The summed E-state index contributed by atoms with van der Waals surface area (Å²) in [5.41, 5.74) is -0.400. The van der Waals surface area contributed by atoms with Crippen LogP contribution in [0.3, 0.4) is 0 Å². The van der Waals surface area contributed by atoms with Crippen LogP contribution in [0.15, 0.2) is 16.9 Å². The molecule has 0 saturated carbocycles. The van der Waals surface area contributed by atoms with E-state index in [1.54, 1.807) is 4.68 Å². The van der Waals surface area contributed by atoms with Crippen molar-refractivity contribution >= 4 is 34.4 Å². The molecule has 0 radical (unpaired) electrons. The van der Waals surface area contributed by atoms with Crippen molar-refractivity contribution in [1.82, 2.24) is 14.8 Å². The van der Waals surface area contributed by atoms with Crippen molar-refractivity contribution in [2.45, 2.75) is 6.92 Å². The van der Waals surface area contributed by atoms with E-state index < -0.39 is 5.41 Å². The molecule has 0 aromatic carbocycles. The molecule has 1 unspecified atom stereocenters. The fraction of sp³-hybridized carbons (Fsp3) is 0.222. The molecule has 2 rings (SSSR count). The minimum Gasteiger partial charge on any atom is -0.312 e. The molecule has 2 heterocycles. The summed E-state index contributed by atoms with van der Waals surface area (Å²) in [6, 6.07) is 0. The van der Waals surface area contributed by atoms with E-state index in [4.69, 9.17) is 5.41 Å². The summed E-state index contributed by atoms with van der Waals surface area (Å²) in [6.45, 7) is 1.95. The van der Waals surface area contributed by atoms with E-state index in [2.05, 4.69) is 26.0 Å². The Kier molecular flexibility index (Phi) is 2.11. The molecule has 72 valence electrons. The average molecular weight is 253 g/mol. The highest BCUT2D eigenvalue weighted by molar-refractivity contribution is 9.11. The molecule has 0 amide bonds. The standard InChI is InChI=1S/C9H9BrN4/c1-9(5-11)3-2-8-12-6-13-14(8)4-7(9)10/h2-6,11H,1H3. The number of nitrogens with zero attached hydrogens (tertiary/aromatic N) is 3. The fourth-order valence-electron chi connectivity index (χ4n) is 1.17. The molecular formula is C9H9BrN4. The molecule has 14 heavy (non-hydrogen) atoms. The van der Waals surface area contributed by atoms with Crippen molar-refractivity contribution in [3.63, 3.8) is 0 Å². The average Bonchev–Trinajstić information content (AvgIpc) is 2.57. The Hall–Kier alpha value is -1.23. The van der Waals surface area contributed by atoms with Crippen LogP contribution in [0, 0.1) is 10.8 Å².